The van der Waals surface area contributed by atoms with E-state index >= 15 is 0 Å². The van der Waals surface area contributed by atoms with Crippen LogP contribution >= 0.6 is 15.6 Å². The maximum absolute atomic E-state index is 13.8. The molecule has 0 bridgehead atoms. The lowest BCUT2D eigenvalue weighted by atomic mass is 9.84. The molecule has 0 spiro atoms. The first-order valence-corrected chi connectivity index (χ1v) is 36.2. The number of nitrogens with one attached hydrogen (secondary N) is 1. The van der Waals surface area contributed by atoms with Crippen molar-refractivity contribution in [3.8, 4) is 0 Å². The van der Waals surface area contributed by atoms with Gasteiger partial charge in [0.25, 0.3) is 0 Å². The Morgan fingerprint density at radius 3 is 1.15 bits per heavy atom. The van der Waals surface area contributed by atoms with Crippen molar-refractivity contribution in [2.24, 2.45) is 0 Å². The van der Waals surface area contributed by atoms with Crippen molar-refractivity contribution in [3.05, 3.63) is 0 Å². The molecule has 21 atom stereocenters. The number of carbonyl (C=O) groups is 1. The minimum Gasteiger partial charge on any atom is -0.391 e. The minimum atomic E-state index is -5.51. The SMILES string of the molecule is CCCCCCCCCCCCCCCCCCCCCC(=O)N[C@@H](COP(=O)(O)O[C@H]1C(O)C(O)C(O)[C@@H](O)C1O[C@H]1O[C@H](COP(=O)(O)OC2C(O)C(O)C(O)[C@@H](O)C2O)[C@@H](O)C(O)C1O)[C@H](O)CCCCCCCCCCCCCCCCC. The number of aliphatic hydroxyl groups is 13. The number of carbonyl (C=O) groups excluding carboxylic acids is 1. The second kappa shape index (κ2) is 44.6. The van der Waals surface area contributed by atoms with Gasteiger partial charge in [-0.05, 0) is 12.8 Å². The zero-order chi connectivity index (χ0) is 64.4. The number of phosphoric acid groups is 2. The topological polar surface area (TPSA) is 422 Å². The average molecular weight is 1300 g/mol. The van der Waals surface area contributed by atoms with Crippen LogP contribution in [0.5, 0.6) is 0 Å². The summed E-state index contributed by atoms with van der Waals surface area (Å²) in [6.45, 7) is 2.42. The molecule has 1 saturated heterocycles. The van der Waals surface area contributed by atoms with Crippen LogP contribution in [-0.2, 0) is 41.5 Å². The molecule has 1 amide bonds. The third-order valence-electron chi connectivity index (χ3n) is 17.3. The van der Waals surface area contributed by atoms with Gasteiger partial charge in [0, 0.05) is 6.42 Å². The Bertz CT molecular complexity index is 1850. The molecule has 87 heavy (non-hydrogen) atoms. The standard InChI is InChI=1S/C60H117NO24P2/c1-3-5-7-9-11-13-15-17-19-20-21-22-24-26-28-30-32-34-36-38-44(63)61-41(42(62)37-35-33-31-29-27-25-23-18-16-14-12-10-8-6-4-2)39-80-86(76,77)85-59-55(74)51(70)50(69)54(73)58(59)83-60-56(75)46(65)45(64)43(82-60)40-81-87(78,79)84-57-52(71)48(67)47(66)49(68)53(57)72/h41-43,45-60,62,64-75H,3-40H2,1-2H3,(H,61,63)(H,76,77)(H,78,79)/t41-,42+,43+,45+,46?,47?,48+,49?,50?,51?,52?,53?,54+,55?,56?,57?,58?,59-,60+/m0/s1. The van der Waals surface area contributed by atoms with E-state index in [1.54, 1.807) is 0 Å². The number of hydrogen-bond acceptors (Lipinski definition) is 22. The molecule has 1 aliphatic heterocycles. The summed E-state index contributed by atoms with van der Waals surface area (Å²) in [5.41, 5.74) is 0. The van der Waals surface area contributed by atoms with Crippen molar-refractivity contribution in [1.82, 2.24) is 5.32 Å². The van der Waals surface area contributed by atoms with Gasteiger partial charge in [-0.2, -0.15) is 0 Å². The Labute approximate surface area is 517 Å². The molecule has 0 aromatic carbocycles. The fourth-order valence-corrected chi connectivity index (χ4v) is 13.5. The predicted octanol–water partition coefficient (Wildman–Crippen LogP) is 5.39. The molecule has 516 valence electrons. The van der Waals surface area contributed by atoms with Crippen LogP contribution in [0.25, 0.3) is 0 Å². The van der Waals surface area contributed by atoms with Crippen LogP contribution < -0.4 is 5.32 Å². The maximum Gasteiger partial charge on any atom is 0.472 e. The second-order valence-corrected chi connectivity index (χ2v) is 27.6. The second-order valence-electron chi connectivity index (χ2n) is 24.8. The highest BCUT2D eigenvalue weighted by molar-refractivity contribution is 7.47. The van der Waals surface area contributed by atoms with Crippen molar-refractivity contribution >= 4 is 21.6 Å². The fraction of sp³-hybridized carbons (Fsp3) is 0.983. The summed E-state index contributed by atoms with van der Waals surface area (Å²) in [4.78, 5) is 34.9. The van der Waals surface area contributed by atoms with E-state index in [1.165, 1.54) is 148 Å². The van der Waals surface area contributed by atoms with E-state index < -0.39 is 151 Å². The van der Waals surface area contributed by atoms with Crippen molar-refractivity contribution in [1.29, 1.82) is 0 Å². The monoisotopic (exact) mass is 1300 g/mol. The molecule has 0 aromatic heterocycles. The van der Waals surface area contributed by atoms with E-state index in [9.17, 15) is 90.1 Å². The van der Waals surface area contributed by atoms with Crippen LogP contribution in [0.15, 0.2) is 0 Å². The van der Waals surface area contributed by atoms with E-state index in [0.29, 0.717) is 12.8 Å². The van der Waals surface area contributed by atoms with Crippen molar-refractivity contribution in [2.75, 3.05) is 13.2 Å². The lowest BCUT2D eigenvalue weighted by molar-refractivity contribution is -0.337. The lowest BCUT2D eigenvalue weighted by Gasteiger charge is -2.47. The number of rotatable bonds is 50. The third-order valence-corrected chi connectivity index (χ3v) is 19.3. The van der Waals surface area contributed by atoms with Crippen LogP contribution in [0.1, 0.15) is 245 Å². The Hall–Kier alpha value is -0.910. The van der Waals surface area contributed by atoms with Gasteiger partial charge in [-0.15, -0.1) is 0 Å². The van der Waals surface area contributed by atoms with Gasteiger partial charge in [0.2, 0.25) is 5.91 Å². The molecular formula is C60H117NO24P2. The smallest absolute Gasteiger partial charge is 0.391 e. The van der Waals surface area contributed by atoms with Crippen LogP contribution in [-0.4, -0.2) is 211 Å². The van der Waals surface area contributed by atoms with Crippen molar-refractivity contribution in [2.45, 2.75) is 361 Å². The summed E-state index contributed by atoms with van der Waals surface area (Å²) in [5.74, 6) is -0.435. The van der Waals surface area contributed by atoms with Gasteiger partial charge in [-0.3, -0.25) is 22.9 Å². The lowest BCUT2D eigenvalue weighted by Crippen LogP contribution is -2.67. The van der Waals surface area contributed by atoms with Gasteiger partial charge >= 0.3 is 15.6 Å². The largest absolute Gasteiger partial charge is 0.472 e. The molecule has 16 N–H and O–H groups in total. The van der Waals surface area contributed by atoms with Crippen molar-refractivity contribution in [3.63, 3.8) is 0 Å². The molecule has 27 heteroatoms. The van der Waals surface area contributed by atoms with Crippen LogP contribution in [0.3, 0.4) is 0 Å². The first-order valence-electron chi connectivity index (χ1n) is 33.2. The average Bonchev–Trinajstić information content (AvgIpc) is 1.37. The Kier molecular flexibility index (Phi) is 41.2. The summed E-state index contributed by atoms with van der Waals surface area (Å²) < 4.78 is 58.0. The molecule has 3 rings (SSSR count). The van der Waals surface area contributed by atoms with Crippen LogP contribution in [0, 0.1) is 0 Å². The van der Waals surface area contributed by atoms with Gasteiger partial charge in [0.1, 0.15) is 97.7 Å². The number of amides is 1. The molecule has 3 fully saturated rings. The molecule has 1 heterocycles. The van der Waals surface area contributed by atoms with Gasteiger partial charge < -0.3 is 91.0 Å². The molecule has 3 aliphatic rings. The van der Waals surface area contributed by atoms with Gasteiger partial charge in [-0.25, -0.2) is 9.13 Å². The third kappa shape index (κ3) is 30.4. The van der Waals surface area contributed by atoms with Crippen molar-refractivity contribution < 1.29 is 118 Å². The van der Waals surface area contributed by atoms with E-state index in [4.69, 9.17) is 27.6 Å². The van der Waals surface area contributed by atoms with Gasteiger partial charge in [-0.1, -0.05) is 226 Å². The van der Waals surface area contributed by atoms with E-state index in [1.807, 2.05) is 0 Å². The van der Waals surface area contributed by atoms with E-state index in [0.717, 1.165) is 57.8 Å². The van der Waals surface area contributed by atoms with Crippen LogP contribution in [0.2, 0.25) is 0 Å². The molecule has 0 aromatic rings. The first-order chi connectivity index (χ1) is 41.5. The number of aliphatic hydroxyl groups excluding tert-OH is 13. The van der Waals surface area contributed by atoms with Gasteiger partial charge in [0.15, 0.2) is 6.29 Å². The Morgan fingerprint density at radius 1 is 0.414 bits per heavy atom. The molecule has 2 aliphatic carbocycles. The fourth-order valence-electron chi connectivity index (χ4n) is 11.6. The van der Waals surface area contributed by atoms with E-state index in [2.05, 4.69) is 19.2 Å². The molecule has 2 saturated carbocycles. The summed E-state index contributed by atoms with van der Waals surface area (Å²) in [7, 11) is -11.0. The molecular weight excluding hydrogens is 1180 g/mol. The van der Waals surface area contributed by atoms with E-state index in [-0.39, 0.29) is 12.8 Å². The number of unbranched alkanes of at least 4 members (excludes halogenated alkanes) is 32. The Morgan fingerprint density at radius 2 is 0.736 bits per heavy atom. The highest BCUT2D eigenvalue weighted by atomic mass is 31.2. The summed E-state index contributed by atoms with van der Waals surface area (Å²) in [5, 5.41) is 141. The number of phosphoric ester groups is 2. The molecule has 25 nitrogen and oxygen atoms in total. The zero-order valence-electron chi connectivity index (χ0n) is 52.1. The van der Waals surface area contributed by atoms with Crippen LogP contribution in [0.4, 0.5) is 0 Å². The number of ether oxygens (including phenoxy) is 2. The molecule has 0 radical (unpaired) electrons. The highest BCUT2D eigenvalue weighted by Crippen LogP contribution is 2.49. The zero-order valence-corrected chi connectivity index (χ0v) is 53.9. The quantitative estimate of drug-likeness (QED) is 0.0268. The summed E-state index contributed by atoms with van der Waals surface area (Å²) in [6.07, 6.45) is 0.894. The molecule has 13 unspecified atom stereocenters. The number of hydrogen-bond donors (Lipinski definition) is 16. The summed E-state index contributed by atoms with van der Waals surface area (Å²) >= 11 is 0. The van der Waals surface area contributed by atoms with Gasteiger partial charge in [0.05, 0.1) is 25.4 Å². The highest BCUT2D eigenvalue weighted by Gasteiger charge is 2.56. The predicted molar refractivity (Wildman–Crippen MR) is 322 cm³/mol. The first kappa shape index (κ1) is 80.3. The maximum atomic E-state index is 13.8. The normalized spacial score (nSPS) is 31.7. The Balaban J connectivity index is 1.58. The minimum absolute atomic E-state index is 0.108. The summed E-state index contributed by atoms with van der Waals surface area (Å²) in [6, 6.07) is -1.24.